The first kappa shape index (κ1) is 35.9. The van der Waals surface area contributed by atoms with Crippen LogP contribution in [0.5, 0.6) is 11.5 Å². The van der Waals surface area contributed by atoms with Gasteiger partial charge in [-0.05, 0) is 72.1 Å². The minimum atomic E-state index is -2.45. The van der Waals surface area contributed by atoms with E-state index in [0.717, 1.165) is 24.2 Å². The molecule has 3 aromatic rings. The Morgan fingerprint density at radius 1 is 0.778 bits per heavy atom. The van der Waals surface area contributed by atoms with Gasteiger partial charge in [-0.15, -0.1) is 0 Å². The number of ether oxygens (including phenoxy) is 2. The normalized spacial score (nSPS) is 11.9. The van der Waals surface area contributed by atoms with Gasteiger partial charge in [0.05, 0.1) is 19.3 Å². The van der Waals surface area contributed by atoms with E-state index in [4.69, 9.17) is 32.7 Å². The van der Waals surface area contributed by atoms with E-state index in [9.17, 15) is 14.4 Å². The van der Waals surface area contributed by atoms with E-state index < -0.39 is 16.0 Å². The average Bonchev–Trinajstić information content (AvgIpc) is 3.03. The number of hydrogen-bond acceptors (Lipinski definition) is 5. The van der Waals surface area contributed by atoms with Crippen LogP contribution in [0.2, 0.25) is 0 Å². The van der Waals surface area contributed by atoms with Gasteiger partial charge in [0.2, 0.25) is 11.7 Å². The third kappa shape index (κ3) is 9.01. The van der Waals surface area contributed by atoms with Crippen LogP contribution in [-0.4, -0.2) is 35.6 Å². The molecule has 0 saturated carbocycles. The lowest BCUT2D eigenvalue weighted by atomic mass is 9.76. The van der Waals surface area contributed by atoms with E-state index in [2.05, 4.69) is 64.3 Å². The summed E-state index contributed by atoms with van der Waals surface area (Å²) in [5, 5.41) is 5.33. The summed E-state index contributed by atoms with van der Waals surface area (Å²) in [5.41, 5.74) is 3.15. The monoisotopic (exact) mass is 654 g/mol. The van der Waals surface area contributed by atoms with Gasteiger partial charge in [-0.25, -0.2) is 0 Å². The molecule has 0 heterocycles. The molecule has 0 unspecified atom stereocenters. The van der Waals surface area contributed by atoms with Gasteiger partial charge in [0.1, 0.15) is 11.5 Å². The Hall–Kier alpha value is -3.55. The summed E-state index contributed by atoms with van der Waals surface area (Å²) in [6, 6.07) is 19.4. The van der Waals surface area contributed by atoms with Gasteiger partial charge >= 0.3 is 0 Å². The minimum absolute atomic E-state index is 0.0485. The van der Waals surface area contributed by atoms with Crippen molar-refractivity contribution in [3.8, 4) is 11.5 Å². The van der Waals surface area contributed by atoms with E-state index in [1.807, 2.05) is 6.07 Å². The van der Waals surface area contributed by atoms with Crippen LogP contribution in [0.1, 0.15) is 88.7 Å². The number of Topliss-reactive ketones (excluding diaryl/α,β-unsaturated/α-hetero) is 1. The number of rotatable bonds is 15. The minimum Gasteiger partial charge on any atom is -0.496 e. The summed E-state index contributed by atoms with van der Waals surface area (Å²) in [7, 11) is 1.38. The molecule has 2 N–H and O–H groups in total. The summed E-state index contributed by atoms with van der Waals surface area (Å²) >= 11 is 12.6. The highest BCUT2D eigenvalue weighted by Crippen LogP contribution is 2.39. The van der Waals surface area contributed by atoms with Crippen LogP contribution in [-0.2, 0) is 20.4 Å². The summed E-state index contributed by atoms with van der Waals surface area (Å²) in [6.45, 7) is 13.7. The Kier molecular flexibility index (Phi) is 12.1. The van der Waals surface area contributed by atoms with Crippen molar-refractivity contribution in [2.24, 2.45) is 0 Å². The molecule has 2 amide bonds. The third-order valence-corrected chi connectivity index (χ3v) is 9.08. The molecule has 0 saturated heterocycles. The number of carbonyl (C=O) groups is 3. The zero-order valence-electron chi connectivity index (χ0n) is 27.2. The molecule has 3 rings (SSSR count). The maximum atomic E-state index is 13.3. The van der Waals surface area contributed by atoms with Crippen molar-refractivity contribution in [3.05, 3.63) is 83.4 Å². The molecule has 0 fully saturated rings. The van der Waals surface area contributed by atoms with Crippen molar-refractivity contribution in [3.63, 3.8) is 0 Å². The number of amides is 2. The number of carbonyl (C=O) groups excluding carboxylic acids is 3. The standard InChI is InChI=1S/C36H44Cl2N2O5/c1-8-34(3,4)24-17-19-30(28(22-24)35(5,6)9-2)45-21-13-16-31(41)39-26-18-20-29(44-7)27(23-26)32(42)36(37,38)33(43)40-25-14-11-10-12-15-25/h10-12,14-15,17-20,22-23H,8-9,13,16,21H2,1-7H3,(H,39,41)(H,40,43). The summed E-state index contributed by atoms with van der Waals surface area (Å²) in [4.78, 5) is 39.0. The van der Waals surface area contributed by atoms with E-state index in [0.29, 0.717) is 24.4 Å². The summed E-state index contributed by atoms with van der Waals surface area (Å²) in [5.74, 6) is -1.07. The molecule has 0 aliphatic carbocycles. The Labute approximate surface area is 277 Å². The first-order valence-electron chi connectivity index (χ1n) is 15.2. The van der Waals surface area contributed by atoms with E-state index in [-0.39, 0.29) is 34.5 Å². The predicted octanol–water partition coefficient (Wildman–Crippen LogP) is 8.86. The van der Waals surface area contributed by atoms with E-state index in [1.54, 1.807) is 36.4 Å². The highest BCUT2D eigenvalue weighted by atomic mass is 35.5. The van der Waals surface area contributed by atoms with Crippen LogP contribution in [0.15, 0.2) is 66.7 Å². The molecule has 45 heavy (non-hydrogen) atoms. The second kappa shape index (κ2) is 15.2. The van der Waals surface area contributed by atoms with Gasteiger partial charge in [-0.1, -0.05) is 95.1 Å². The lowest BCUT2D eigenvalue weighted by molar-refractivity contribution is -0.117. The number of nitrogens with one attached hydrogen (secondary N) is 2. The smallest absolute Gasteiger partial charge is 0.269 e. The molecule has 242 valence electrons. The molecule has 0 bridgehead atoms. The Morgan fingerprint density at radius 3 is 2.04 bits per heavy atom. The Bertz CT molecular complexity index is 1500. The quantitative estimate of drug-likeness (QED) is 0.0739. The molecule has 0 atom stereocenters. The van der Waals surface area contributed by atoms with Crippen molar-refractivity contribution in [2.75, 3.05) is 24.4 Å². The van der Waals surface area contributed by atoms with Gasteiger partial charge in [0, 0.05) is 23.4 Å². The summed E-state index contributed by atoms with van der Waals surface area (Å²) < 4.78 is 9.07. The number of alkyl halides is 2. The molecule has 0 radical (unpaired) electrons. The van der Waals surface area contributed by atoms with E-state index >= 15 is 0 Å². The number of methoxy groups -OCH3 is 1. The molecule has 3 aromatic carbocycles. The van der Waals surface area contributed by atoms with Crippen molar-refractivity contribution < 1.29 is 23.9 Å². The van der Waals surface area contributed by atoms with Crippen LogP contribution >= 0.6 is 23.2 Å². The zero-order chi connectivity index (χ0) is 33.4. The van der Waals surface area contributed by atoms with Gasteiger partial charge in [0.15, 0.2) is 0 Å². The van der Waals surface area contributed by atoms with Crippen LogP contribution in [0.25, 0.3) is 0 Å². The highest BCUT2D eigenvalue weighted by molar-refractivity contribution is 6.70. The zero-order valence-corrected chi connectivity index (χ0v) is 28.7. The van der Waals surface area contributed by atoms with Crippen molar-refractivity contribution in [1.82, 2.24) is 0 Å². The molecule has 0 spiro atoms. The lowest BCUT2D eigenvalue weighted by Gasteiger charge is -2.30. The number of benzene rings is 3. The van der Waals surface area contributed by atoms with Crippen LogP contribution < -0.4 is 20.1 Å². The largest absolute Gasteiger partial charge is 0.496 e. The molecule has 9 heteroatoms. The van der Waals surface area contributed by atoms with Crippen LogP contribution in [0.4, 0.5) is 11.4 Å². The fourth-order valence-corrected chi connectivity index (χ4v) is 4.90. The first-order chi connectivity index (χ1) is 21.2. The molecule has 0 aliphatic rings. The highest BCUT2D eigenvalue weighted by Gasteiger charge is 2.44. The van der Waals surface area contributed by atoms with Gasteiger partial charge in [-0.3, -0.25) is 14.4 Å². The second-order valence-electron chi connectivity index (χ2n) is 12.3. The maximum Gasteiger partial charge on any atom is 0.269 e. The SMILES string of the molecule is CCC(C)(C)c1ccc(OCCCC(=O)Nc2ccc(OC)c(C(=O)C(Cl)(Cl)C(=O)Nc3ccccc3)c2)c(C(C)(C)CC)c1. The van der Waals surface area contributed by atoms with Crippen LogP contribution in [0.3, 0.4) is 0 Å². The Morgan fingerprint density at radius 2 is 1.42 bits per heavy atom. The van der Waals surface area contributed by atoms with Crippen LogP contribution in [0, 0.1) is 0 Å². The van der Waals surface area contributed by atoms with E-state index in [1.165, 1.54) is 24.8 Å². The maximum absolute atomic E-state index is 13.3. The van der Waals surface area contributed by atoms with Crippen molar-refractivity contribution >= 4 is 52.2 Å². The Balaban J connectivity index is 1.66. The lowest BCUT2D eigenvalue weighted by Crippen LogP contribution is -2.40. The fourth-order valence-electron chi connectivity index (χ4n) is 4.61. The fraction of sp³-hybridized carbons (Fsp3) is 0.417. The molecule has 0 aliphatic heterocycles. The number of hydrogen-bond donors (Lipinski definition) is 2. The second-order valence-corrected chi connectivity index (χ2v) is 13.7. The number of para-hydroxylation sites is 1. The molecular formula is C36H44Cl2N2O5. The van der Waals surface area contributed by atoms with Crippen molar-refractivity contribution in [1.29, 1.82) is 0 Å². The van der Waals surface area contributed by atoms with Gasteiger partial charge in [0.25, 0.3) is 10.2 Å². The molecule has 7 nitrogen and oxygen atoms in total. The van der Waals surface area contributed by atoms with Crippen molar-refractivity contribution in [2.45, 2.75) is 82.4 Å². The summed E-state index contributed by atoms with van der Waals surface area (Å²) in [6.07, 6.45) is 2.66. The topological polar surface area (TPSA) is 93.7 Å². The predicted molar refractivity (Wildman–Crippen MR) is 183 cm³/mol. The third-order valence-electron chi connectivity index (χ3n) is 8.39. The van der Waals surface area contributed by atoms with Gasteiger partial charge in [-0.2, -0.15) is 0 Å². The first-order valence-corrected chi connectivity index (χ1v) is 16.0. The molecular weight excluding hydrogens is 611 g/mol. The average molecular weight is 656 g/mol. The number of anilines is 2. The van der Waals surface area contributed by atoms with Gasteiger partial charge < -0.3 is 20.1 Å². The number of ketones is 1. The number of halogens is 2. The molecule has 0 aromatic heterocycles.